The van der Waals surface area contributed by atoms with Crippen molar-refractivity contribution in [2.75, 3.05) is 0 Å². The molecule has 2 unspecified atom stereocenters. The van der Waals surface area contributed by atoms with Crippen LogP contribution in [0, 0.1) is 0 Å². The molecule has 0 spiro atoms. The minimum Gasteiger partial charge on any atom is -0.256 e. The molecule has 0 radical (unpaired) electrons. The average molecular weight is 278 g/mol. The number of alkyl halides is 1. The van der Waals surface area contributed by atoms with E-state index in [1.54, 1.807) is 0 Å². The number of pyridine rings is 1. The Labute approximate surface area is 105 Å². The number of benzene rings is 1. The summed E-state index contributed by atoms with van der Waals surface area (Å²) in [4.78, 5) is 4.94. The third-order valence-electron chi connectivity index (χ3n) is 2.89. The number of fused-ring (bicyclic) bond motifs is 1. The summed E-state index contributed by atoms with van der Waals surface area (Å²) in [5.74, 6) is 0.558. The summed E-state index contributed by atoms with van der Waals surface area (Å²) in [7, 11) is 0. The number of nitrogens with zero attached hydrogens (tertiary/aromatic N) is 1. The molecule has 0 bridgehead atoms. The van der Waals surface area contributed by atoms with Crippen molar-refractivity contribution in [3.05, 3.63) is 42.1 Å². The second-order valence-electron chi connectivity index (χ2n) is 4.33. The van der Waals surface area contributed by atoms with Gasteiger partial charge < -0.3 is 0 Å². The fraction of sp³-hybridized carbons (Fsp3) is 0.357. The van der Waals surface area contributed by atoms with Crippen LogP contribution >= 0.6 is 15.9 Å². The Balaban J connectivity index is 2.44. The molecule has 0 aliphatic rings. The van der Waals surface area contributed by atoms with Crippen molar-refractivity contribution in [3.8, 4) is 0 Å². The van der Waals surface area contributed by atoms with Crippen LogP contribution in [0.3, 0.4) is 0 Å². The molecule has 1 aromatic carbocycles. The summed E-state index contributed by atoms with van der Waals surface area (Å²) in [5, 5.41) is 1.28. The second kappa shape index (κ2) is 4.96. The van der Waals surface area contributed by atoms with Gasteiger partial charge in [-0.05, 0) is 30.0 Å². The Bertz CT molecular complexity index is 474. The first-order valence-corrected chi connectivity index (χ1v) is 6.57. The molecule has 0 aliphatic heterocycles. The van der Waals surface area contributed by atoms with Crippen LogP contribution in [0.15, 0.2) is 36.5 Å². The van der Waals surface area contributed by atoms with E-state index in [1.807, 2.05) is 12.3 Å². The lowest BCUT2D eigenvalue weighted by molar-refractivity contribution is 0.686. The number of aromatic nitrogens is 1. The van der Waals surface area contributed by atoms with Gasteiger partial charge in [0, 0.05) is 16.4 Å². The van der Waals surface area contributed by atoms with E-state index in [1.165, 1.54) is 10.9 Å². The smallest absolute Gasteiger partial charge is 0.0704 e. The van der Waals surface area contributed by atoms with E-state index in [2.05, 4.69) is 59.0 Å². The largest absolute Gasteiger partial charge is 0.256 e. The van der Waals surface area contributed by atoms with Crippen LogP contribution in [-0.4, -0.2) is 9.81 Å². The van der Waals surface area contributed by atoms with E-state index >= 15 is 0 Å². The molecular formula is C14H16BrN. The summed E-state index contributed by atoms with van der Waals surface area (Å²) >= 11 is 3.62. The number of hydrogen-bond donors (Lipinski definition) is 0. The van der Waals surface area contributed by atoms with Gasteiger partial charge in [-0.1, -0.05) is 48.0 Å². The fourth-order valence-corrected chi connectivity index (χ4v) is 2.73. The van der Waals surface area contributed by atoms with Gasteiger partial charge in [0.1, 0.15) is 0 Å². The standard InChI is InChI=1S/C14H16BrN/c1-10(9-11(2)15)12-5-3-7-14-13(12)6-4-8-16-14/h3-8,10-11H,9H2,1-2H3. The highest BCUT2D eigenvalue weighted by molar-refractivity contribution is 9.09. The summed E-state index contributed by atoms with van der Waals surface area (Å²) in [6.07, 6.45) is 3.00. The zero-order valence-corrected chi connectivity index (χ0v) is 11.2. The van der Waals surface area contributed by atoms with Crippen LogP contribution in [0.4, 0.5) is 0 Å². The molecule has 0 amide bonds. The molecule has 1 heterocycles. The van der Waals surface area contributed by atoms with Gasteiger partial charge in [-0.25, -0.2) is 0 Å². The van der Waals surface area contributed by atoms with E-state index in [9.17, 15) is 0 Å². The van der Waals surface area contributed by atoms with Crippen LogP contribution < -0.4 is 0 Å². The normalized spacial score (nSPS) is 14.9. The lowest BCUT2D eigenvalue weighted by Crippen LogP contribution is -2.01. The number of rotatable bonds is 3. The van der Waals surface area contributed by atoms with E-state index in [4.69, 9.17) is 0 Å². The molecular weight excluding hydrogens is 262 g/mol. The van der Waals surface area contributed by atoms with Gasteiger partial charge >= 0.3 is 0 Å². The lowest BCUT2D eigenvalue weighted by Gasteiger charge is -2.15. The first-order chi connectivity index (χ1) is 7.68. The van der Waals surface area contributed by atoms with Crippen LogP contribution in [-0.2, 0) is 0 Å². The van der Waals surface area contributed by atoms with Gasteiger partial charge in [-0.3, -0.25) is 4.98 Å². The average Bonchev–Trinajstić information content (AvgIpc) is 2.27. The maximum absolute atomic E-state index is 4.39. The maximum Gasteiger partial charge on any atom is 0.0704 e. The van der Waals surface area contributed by atoms with Crippen LogP contribution in [0.2, 0.25) is 0 Å². The minimum atomic E-state index is 0.550. The molecule has 16 heavy (non-hydrogen) atoms. The zero-order chi connectivity index (χ0) is 11.5. The van der Waals surface area contributed by atoms with Crippen molar-refractivity contribution in [2.24, 2.45) is 0 Å². The molecule has 0 saturated carbocycles. The lowest BCUT2D eigenvalue weighted by atomic mass is 9.93. The van der Waals surface area contributed by atoms with Crippen LogP contribution in [0.5, 0.6) is 0 Å². The Hall–Kier alpha value is -0.890. The highest BCUT2D eigenvalue weighted by Gasteiger charge is 2.11. The Morgan fingerprint density at radius 2 is 2.00 bits per heavy atom. The molecule has 2 atom stereocenters. The zero-order valence-electron chi connectivity index (χ0n) is 9.65. The van der Waals surface area contributed by atoms with Gasteiger partial charge in [0.25, 0.3) is 0 Å². The van der Waals surface area contributed by atoms with Crippen LogP contribution in [0.1, 0.15) is 31.7 Å². The summed E-state index contributed by atoms with van der Waals surface area (Å²) in [5.41, 5.74) is 2.49. The van der Waals surface area contributed by atoms with Gasteiger partial charge in [-0.15, -0.1) is 0 Å². The summed E-state index contributed by atoms with van der Waals surface area (Å²) in [6, 6.07) is 10.6. The van der Waals surface area contributed by atoms with E-state index in [-0.39, 0.29) is 0 Å². The topological polar surface area (TPSA) is 12.9 Å². The fourth-order valence-electron chi connectivity index (χ4n) is 2.17. The van der Waals surface area contributed by atoms with E-state index in [0.29, 0.717) is 10.7 Å². The third kappa shape index (κ3) is 2.43. The number of hydrogen-bond acceptors (Lipinski definition) is 1. The molecule has 0 fully saturated rings. The van der Waals surface area contributed by atoms with Gasteiger partial charge in [0.2, 0.25) is 0 Å². The molecule has 2 rings (SSSR count). The highest BCUT2D eigenvalue weighted by Crippen LogP contribution is 2.28. The van der Waals surface area contributed by atoms with Crippen molar-refractivity contribution in [1.82, 2.24) is 4.98 Å². The predicted molar refractivity (Wildman–Crippen MR) is 73.2 cm³/mol. The third-order valence-corrected chi connectivity index (χ3v) is 3.26. The quantitative estimate of drug-likeness (QED) is 0.753. The molecule has 0 aliphatic carbocycles. The van der Waals surface area contributed by atoms with Crippen molar-refractivity contribution in [1.29, 1.82) is 0 Å². The summed E-state index contributed by atoms with van der Waals surface area (Å²) in [6.45, 7) is 4.47. The summed E-state index contributed by atoms with van der Waals surface area (Å²) < 4.78 is 0. The molecule has 1 aromatic heterocycles. The van der Waals surface area contributed by atoms with Gasteiger partial charge in [0.05, 0.1) is 5.52 Å². The molecule has 1 nitrogen and oxygen atoms in total. The molecule has 0 saturated heterocycles. The SMILES string of the molecule is CC(Br)CC(C)c1cccc2ncccc12. The second-order valence-corrected chi connectivity index (χ2v) is 5.90. The molecule has 84 valence electrons. The Morgan fingerprint density at radius 3 is 2.75 bits per heavy atom. The molecule has 2 heteroatoms. The number of halogens is 1. The highest BCUT2D eigenvalue weighted by atomic mass is 79.9. The Morgan fingerprint density at radius 1 is 1.19 bits per heavy atom. The van der Waals surface area contributed by atoms with Crippen molar-refractivity contribution in [2.45, 2.75) is 31.0 Å². The maximum atomic E-state index is 4.39. The van der Waals surface area contributed by atoms with Gasteiger partial charge in [0.15, 0.2) is 0 Å². The van der Waals surface area contributed by atoms with Gasteiger partial charge in [-0.2, -0.15) is 0 Å². The Kier molecular flexibility index (Phi) is 3.59. The predicted octanol–water partition coefficient (Wildman–Crippen LogP) is 4.51. The minimum absolute atomic E-state index is 0.550. The van der Waals surface area contributed by atoms with E-state index in [0.717, 1.165) is 11.9 Å². The van der Waals surface area contributed by atoms with Crippen molar-refractivity contribution < 1.29 is 0 Å². The molecule has 2 aromatic rings. The van der Waals surface area contributed by atoms with E-state index < -0.39 is 0 Å². The van der Waals surface area contributed by atoms with Crippen molar-refractivity contribution >= 4 is 26.8 Å². The first kappa shape index (κ1) is 11.6. The molecule has 0 N–H and O–H groups in total. The van der Waals surface area contributed by atoms with Crippen molar-refractivity contribution in [3.63, 3.8) is 0 Å². The van der Waals surface area contributed by atoms with Crippen LogP contribution in [0.25, 0.3) is 10.9 Å². The first-order valence-electron chi connectivity index (χ1n) is 5.66. The monoisotopic (exact) mass is 277 g/mol.